The van der Waals surface area contributed by atoms with Crippen LogP contribution in [0, 0.1) is 5.41 Å². The number of hydrogen-bond acceptors (Lipinski definition) is 2. The minimum absolute atomic E-state index is 0.172. The van der Waals surface area contributed by atoms with Gasteiger partial charge in [-0.05, 0) is 32.9 Å². The molecule has 1 aromatic rings. The zero-order valence-corrected chi connectivity index (χ0v) is 11.6. The summed E-state index contributed by atoms with van der Waals surface area (Å²) in [7, 11) is 0. The largest absolute Gasteiger partial charge is 0.399 e. The Morgan fingerprint density at radius 1 is 1.37 bits per heavy atom. The lowest BCUT2D eigenvalue weighted by Crippen LogP contribution is -2.26. The summed E-state index contributed by atoms with van der Waals surface area (Å²) in [5.41, 5.74) is 14.6. The number of anilines is 1. The second-order valence-corrected chi connectivity index (χ2v) is 4.95. The van der Waals surface area contributed by atoms with Gasteiger partial charge >= 0.3 is 0 Å². The van der Waals surface area contributed by atoms with E-state index >= 15 is 0 Å². The lowest BCUT2D eigenvalue weighted by atomic mass is 10.0. The first-order valence-corrected chi connectivity index (χ1v) is 6.42. The van der Waals surface area contributed by atoms with Crippen LogP contribution in [-0.4, -0.2) is 18.2 Å². The van der Waals surface area contributed by atoms with Crippen LogP contribution >= 0.6 is 0 Å². The molecule has 4 nitrogen and oxygen atoms in total. The molecule has 0 fully saturated rings. The molecular formula is C15H20N4. The fourth-order valence-corrected chi connectivity index (χ4v) is 1.92. The van der Waals surface area contributed by atoms with Gasteiger partial charge in [-0.15, -0.1) is 0 Å². The Labute approximate surface area is 113 Å². The van der Waals surface area contributed by atoms with Gasteiger partial charge in [-0.3, -0.25) is 4.99 Å². The molecule has 1 aliphatic carbocycles. The summed E-state index contributed by atoms with van der Waals surface area (Å²) < 4.78 is 0. The molecule has 4 N–H and O–H groups in total. The molecule has 100 valence electrons. The number of amidine groups is 2. The predicted octanol–water partition coefficient (Wildman–Crippen LogP) is 2.36. The van der Waals surface area contributed by atoms with Gasteiger partial charge in [0.1, 0.15) is 5.84 Å². The normalized spacial score (nSPS) is 23.2. The van der Waals surface area contributed by atoms with Crippen molar-refractivity contribution in [2.24, 2.45) is 21.1 Å². The summed E-state index contributed by atoms with van der Waals surface area (Å²) >= 11 is 0. The third-order valence-corrected chi connectivity index (χ3v) is 3.45. The van der Waals surface area contributed by atoms with Crippen molar-refractivity contribution in [2.75, 3.05) is 12.3 Å². The van der Waals surface area contributed by atoms with Gasteiger partial charge in [0.2, 0.25) is 0 Å². The van der Waals surface area contributed by atoms with Crippen molar-refractivity contribution in [1.29, 1.82) is 0 Å². The molecule has 1 aliphatic rings. The van der Waals surface area contributed by atoms with Gasteiger partial charge in [-0.1, -0.05) is 23.8 Å². The fraction of sp³-hybridized carbons (Fsp3) is 0.333. The minimum Gasteiger partial charge on any atom is -0.399 e. The van der Waals surface area contributed by atoms with Crippen LogP contribution in [0.1, 0.15) is 26.3 Å². The number of rotatable bonds is 3. The van der Waals surface area contributed by atoms with Crippen LogP contribution in [0.2, 0.25) is 0 Å². The summed E-state index contributed by atoms with van der Waals surface area (Å²) in [6.07, 6.45) is 2.11. The van der Waals surface area contributed by atoms with Gasteiger partial charge in [0.25, 0.3) is 0 Å². The van der Waals surface area contributed by atoms with E-state index in [1.807, 2.05) is 31.2 Å². The number of hydrogen-bond donors (Lipinski definition) is 2. The molecule has 1 atom stereocenters. The molecule has 0 saturated heterocycles. The second kappa shape index (κ2) is 4.88. The van der Waals surface area contributed by atoms with E-state index in [1.165, 1.54) is 5.57 Å². The Balaban J connectivity index is 2.33. The van der Waals surface area contributed by atoms with Gasteiger partial charge in [-0.25, -0.2) is 4.99 Å². The molecule has 0 bridgehead atoms. The van der Waals surface area contributed by atoms with E-state index in [-0.39, 0.29) is 5.41 Å². The molecule has 1 unspecified atom stereocenters. The first-order valence-electron chi connectivity index (χ1n) is 6.42. The summed E-state index contributed by atoms with van der Waals surface area (Å²) in [5, 5.41) is 0. The maximum atomic E-state index is 6.10. The molecule has 0 aliphatic heterocycles. The Morgan fingerprint density at radius 3 is 2.58 bits per heavy atom. The third-order valence-electron chi connectivity index (χ3n) is 3.45. The minimum atomic E-state index is -0.172. The van der Waals surface area contributed by atoms with E-state index in [0.29, 0.717) is 23.9 Å². The van der Waals surface area contributed by atoms with Crippen molar-refractivity contribution in [3.63, 3.8) is 0 Å². The van der Waals surface area contributed by atoms with Crippen LogP contribution in [0.5, 0.6) is 0 Å². The monoisotopic (exact) mass is 256 g/mol. The Hall–Kier alpha value is -2.10. The van der Waals surface area contributed by atoms with E-state index in [4.69, 9.17) is 11.5 Å². The molecule has 0 heterocycles. The molecule has 19 heavy (non-hydrogen) atoms. The van der Waals surface area contributed by atoms with Crippen molar-refractivity contribution in [1.82, 2.24) is 0 Å². The van der Waals surface area contributed by atoms with Gasteiger partial charge in [0, 0.05) is 17.8 Å². The average Bonchev–Trinajstić information content (AvgIpc) is 2.98. The average molecular weight is 256 g/mol. The molecule has 0 saturated carbocycles. The van der Waals surface area contributed by atoms with Crippen molar-refractivity contribution < 1.29 is 0 Å². The summed E-state index contributed by atoms with van der Waals surface area (Å²) in [5.74, 6) is 1.22. The highest BCUT2D eigenvalue weighted by atomic mass is 15.0. The first kappa shape index (κ1) is 13.3. The lowest BCUT2D eigenvalue weighted by molar-refractivity contribution is 0.843. The van der Waals surface area contributed by atoms with Crippen LogP contribution in [-0.2, 0) is 0 Å². The zero-order valence-electron chi connectivity index (χ0n) is 11.6. The highest BCUT2D eigenvalue weighted by molar-refractivity contribution is 6.10. The van der Waals surface area contributed by atoms with Crippen molar-refractivity contribution in [3.8, 4) is 0 Å². The van der Waals surface area contributed by atoms with Crippen LogP contribution in [0.25, 0.3) is 0 Å². The van der Waals surface area contributed by atoms with Crippen LogP contribution in [0.3, 0.4) is 0 Å². The second-order valence-electron chi connectivity index (χ2n) is 4.95. The van der Waals surface area contributed by atoms with Crippen LogP contribution in [0.15, 0.2) is 45.9 Å². The van der Waals surface area contributed by atoms with Crippen molar-refractivity contribution in [2.45, 2.75) is 20.8 Å². The van der Waals surface area contributed by atoms with Crippen molar-refractivity contribution in [3.05, 3.63) is 41.5 Å². The highest BCUT2D eigenvalue weighted by Gasteiger charge is 2.40. The molecular weight excluding hydrogens is 236 g/mol. The standard InChI is InChI=1S/C15H20N4/c1-4-18-13(11-6-5-7-12(16)8-11)19-14(17)15(3)9-10(15)2/h5-9H,4,16H2,1-3H3,(H2,17,18,19). The summed E-state index contributed by atoms with van der Waals surface area (Å²) in [6.45, 7) is 6.74. The smallest absolute Gasteiger partial charge is 0.156 e. The zero-order chi connectivity index (χ0) is 14.0. The fourth-order valence-electron chi connectivity index (χ4n) is 1.92. The molecule has 0 radical (unpaired) electrons. The van der Waals surface area contributed by atoms with Gasteiger partial charge in [0.05, 0.1) is 5.41 Å². The van der Waals surface area contributed by atoms with Gasteiger partial charge in [-0.2, -0.15) is 0 Å². The van der Waals surface area contributed by atoms with E-state index < -0.39 is 0 Å². The SMILES string of the molecule is CC/N=C(\N=C(/N)C1(C)C=C1C)c1cccc(N)c1. The molecule has 0 spiro atoms. The van der Waals surface area contributed by atoms with Crippen molar-refractivity contribution >= 4 is 17.4 Å². The topological polar surface area (TPSA) is 76.8 Å². The van der Waals surface area contributed by atoms with Gasteiger partial charge < -0.3 is 11.5 Å². The molecule has 0 amide bonds. The maximum Gasteiger partial charge on any atom is 0.156 e. The third kappa shape index (κ3) is 2.67. The van der Waals surface area contributed by atoms with Gasteiger partial charge in [0.15, 0.2) is 5.84 Å². The van der Waals surface area contributed by atoms with Crippen LogP contribution < -0.4 is 11.5 Å². The summed E-state index contributed by atoms with van der Waals surface area (Å²) in [6, 6.07) is 7.54. The number of aliphatic imine (C=N–C) groups is 2. The highest BCUT2D eigenvalue weighted by Crippen LogP contribution is 2.43. The van der Waals surface area contributed by atoms with Crippen LogP contribution in [0.4, 0.5) is 5.69 Å². The number of benzene rings is 1. The van der Waals surface area contributed by atoms with E-state index in [9.17, 15) is 0 Å². The van der Waals surface area contributed by atoms with E-state index in [2.05, 4.69) is 29.9 Å². The van der Waals surface area contributed by atoms with E-state index in [1.54, 1.807) is 0 Å². The molecule has 0 aromatic heterocycles. The summed E-state index contributed by atoms with van der Waals surface area (Å²) in [4.78, 5) is 8.91. The number of nitrogens with zero attached hydrogens (tertiary/aromatic N) is 2. The Morgan fingerprint density at radius 2 is 2.05 bits per heavy atom. The molecule has 2 rings (SSSR count). The predicted molar refractivity (Wildman–Crippen MR) is 81.4 cm³/mol. The first-order chi connectivity index (χ1) is 8.97. The van der Waals surface area contributed by atoms with E-state index in [0.717, 1.165) is 5.56 Å². The number of nitrogen functional groups attached to an aromatic ring is 1. The molecule has 1 aromatic carbocycles. The quantitative estimate of drug-likeness (QED) is 0.377. The number of nitrogens with two attached hydrogens (primary N) is 2. The molecule has 4 heteroatoms. The maximum absolute atomic E-state index is 6.10. The Bertz CT molecular complexity index is 584. The lowest BCUT2D eigenvalue weighted by Gasteiger charge is -2.11. The Kier molecular flexibility index (Phi) is 3.42.